The molecule has 23 heavy (non-hydrogen) atoms. The van der Waals surface area contributed by atoms with Crippen molar-refractivity contribution in [2.24, 2.45) is 0 Å². The van der Waals surface area contributed by atoms with Crippen LogP contribution in [0.4, 0.5) is 4.79 Å². The van der Waals surface area contributed by atoms with Gasteiger partial charge in [0, 0.05) is 24.6 Å². The maximum Gasteiger partial charge on any atom is 0.491 e. The molecule has 2 rings (SSSR count). The Morgan fingerprint density at radius 2 is 2.30 bits per heavy atom. The van der Waals surface area contributed by atoms with Gasteiger partial charge in [0.05, 0.1) is 18.6 Å². The van der Waals surface area contributed by atoms with Crippen LogP contribution in [0.1, 0.15) is 39.0 Å². The summed E-state index contributed by atoms with van der Waals surface area (Å²) in [6.07, 6.45) is 5.50. The van der Waals surface area contributed by atoms with Crippen molar-refractivity contribution in [2.75, 3.05) is 25.5 Å². The summed E-state index contributed by atoms with van der Waals surface area (Å²) in [6, 6.07) is 0.535. The number of allylic oxidation sites excluding steroid dienone is 1. The highest BCUT2D eigenvalue weighted by Gasteiger charge is 2.51. The number of fused-ring (bicyclic) bond motifs is 1. The Bertz CT molecular complexity index is 442. The number of ether oxygens (including phenoxy) is 1. The molecular weight excluding hydrogens is 310 g/mol. The Hall–Kier alpha value is -1.01. The van der Waals surface area contributed by atoms with Crippen molar-refractivity contribution in [1.29, 1.82) is 0 Å². The minimum absolute atomic E-state index is 0.0202. The van der Waals surface area contributed by atoms with E-state index in [4.69, 9.17) is 4.74 Å². The lowest BCUT2D eigenvalue weighted by Crippen LogP contribution is -2.34. The number of thioether (sulfide) groups is 1. The molecule has 2 aliphatic heterocycles. The summed E-state index contributed by atoms with van der Waals surface area (Å²) in [5, 5.41) is 6.85. The first kappa shape index (κ1) is 18.3. The number of nitrogens with zero attached hydrogens (tertiary/aromatic N) is 1. The van der Waals surface area contributed by atoms with E-state index >= 15 is 0 Å². The fraction of sp³-hybridized carbons (Fsp3) is 0.765. The molecule has 3 unspecified atom stereocenters. The molecule has 5 nitrogen and oxygen atoms in total. The molecule has 2 heterocycles. The second-order valence-electron chi connectivity index (χ2n) is 6.28. The zero-order valence-electron chi connectivity index (χ0n) is 14.2. The summed E-state index contributed by atoms with van der Waals surface area (Å²) in [6.45, 7) is 12.5. The molecule has 6 heteroatoms. The van der Waals surface area contributed by atoms with E-state index in [-0.39, 0.29) is 18.1 Å². The highest BCUT2D eigenvalue weighted by Crippen LogP contribution is 2.35. The van der Waals surface area contributed by atoms with Crippen LogP contribution in [0.3, 0.4) is 0 Å². The Morgan fingerprint density at radius 1 is 1.48 bits per heavy atom. The van der Waals surface area contributed by atoms with Crippen molar-refractivity contribution in [3.63, 3.8) is 0 Å². The number of hydrogen-bond donors (Lipinski definition) is 2. The zero-order chi connectivity index (χ0) is 16.7. The normalized spacial score (nSPS) is 26.2. The number of carbonyl (C=O) groups excluding carboxylic acids is 1. The lowest BCUT2D eigenvalue weighted by atomic mass is 10.0. The Morgan fingerprint density at radius 3 is 3.09 bits per heavy atom. The first-order chi connectivity index (χ1) is 11.1. The number of hydrogen-bond acceptors (Lipinski definition) is 4. The summed E-state index contributed by atoms with van der Waals surface area (Å²) < 4.78 is 7.08. The third kappa shape index (κ3) is 5.24. The fourth-order valence-corrected chi connectivity index (χ4v) is 4.78. The van der Waals surface area contributed by atoms with Gasteiger partial charge in [-0.3, -0.25) is 0 Å². The van der Waals surface area contributed by atoms with Crippen molar-refractivity contribution in [3.05, 3.63) is 12.3 Å². The van der Waals surface area contributed by atoms with E-state index in [9.17, 15) is 4.79 Å². The first-order valence-corrected chi connectivity index (χ1v) is 9.69. The minimum Gasteiger partial charge on any atom is -0.387 e. The van der Waals surface area contributed by atoms with Crippen LogP contribution in [0.2, 0.25) is 0 Å². The smallest absolute Gasteiger partial charge is 0.387 e. The summed E-state index contributed by atoms with van der Waals surface area (Å²) in [7, 11) is 0. The molecule has 2 amide bonds. The van der Waals surface area contributed by atoms with Crippen LogP contribution in [-0.2, 0) is 4.74 Å². The van der Waals surface area contributed by atoms with Crippen LogP contribution in [0.5, 0.6) is 0 Å². The molecule has 0 radical (unpaired) electrons. The zero-order valence-corrected chi connectivity index (χ0v) is 15.0. The maximum absolute atomic E-state index is 11.6. The third-order valence-corrected chi connectivity index (χ3v) is 5.89. The molecule has 2 saturated heterocycles. The fourth-order valence-electron chi connectivity index (χ4n) is 3.18. The van der Waals surface area contributed by atoms with E-state index in [1.54, 1.807) is 4.58 Å². The van der Waals surface area contributed by atoms with Gasteiger partial charge in [-0.25, -0.2) is 5.32 Å². The first-order valence-electron chi connectivity index (χ1n) is 8.64. The van der Waals surface area contributed by atoms with Crippen molar-refractivity contribution in [1.82, 2.24) is 10.6 Å². The predicted molar refractivity (Wildman–Crippen MR) is 96.5 cm³/mol. The van der Waals surface area contributed by atoms with Crippen LogP contribution < -0.4 is 10.6 Å². The average molecular weight is 341 g/mol. The lowest BCUT2D eigenvalue weighted by Gasteiger charge is -2.14. The quantitative estimate of drug-likeness (QED) is 0.344. The van der Waals surface area contributed by atoms with Gasteiger partial charge < -0.3 is 10.1 Å². The summed E-state index contributed by atoms with van der Waals surface area (Å²) in [5.41, 5.74) is 1.10. The highest BCUT2D eigenvalue weighted by atomic mass is 32.2. The molecule has 0 aromatic rings. The van der Waals surface area contributed by atoms with Crippen molar-refractivity contribution in [3.8, 4) is 0 Å². The molecule has 0 aliphatic carbocycles. The largest absolute Gasteiger partial charge is 0.491 e. The van der Waals surface area contributed by atoms with Crippen molar-refractivity contribution < 1.29 is 14.1 Å². The van der Waals surface area contributed by atoms with Crippen molar-refractivity contribution >= 4 is 24.5 Å². The van der Waals surface area contributed by atoms with Crippen LogP contribution >= 0.6 is 11.8 Å². The van der Waals surface area contributed by atoms with Gasteiger partial charge >= 0.3 is 6.03 Å². The summed E-state index contributed by atoms with van der Waals surface area (Å²) in [4.78, 5) is 11.6. The number of amides is 2. The van der Waals surface area contributed by atoms with E-state index in [0.29, 0.717) is 5.25 Å². The van der Waals surface area contributed by atoms with Gasteiger partial charge in [-0.05, 0) is 25.7 Å². The van der Waals surface area contributed by atoms with E-state index in [1.165, 1.54) is 0 Å². The van der Waals surface area contributed by atoms with E-state index in [0.717, 1.165) is 63.3 Å². The average Bonchev–Trinajstić information content (AvgIpc) is 3.05. The van der Waals surface area contributed by atoms with Gasteiger partial charge in [0.1, 0.15) is 6.04 Å². The number of carbonyl (C=O) groups is 1. The Kier molecular flexibility index (Phi) is 7.43. The molecule has 3 atom stereocenters. The number of nitrogens with one attached hydrogen (secondary N) is 2. The maximum atomic E-state index is 11.6. The van der Waals surface area contributed by atoms with Gasteiger partial charge in [0.25, 0.3) is 0 Å². The molecule has 0 bridgehead atoms. The van der Waals surface area contributed by atoms with Crippen molar-refractivity contribution in [2.45, 2.75) is 56.4 Å². The standard InChI is InChI=1S/C17H29N3O2S/c1-4-10-22-11-9-18-13(2)7-5-6-8-15-16-14(12-23-15)19-17(21)20(16)3/h14-16,18H,2-12H2,1H3/p+1. The van der Waals surface area contributed by atoms with E-state index in [1.807, 2.05) is 11.8 Å². The molecule has 0 saturated carbocycles. The van der Waals surface area contributed by atoms with Gasteiger partial charge in [0.15, 0.2) is 6.04 Å². The monoisotopic (exact) mass is 340 g/mol. The molecular formula is C17H30N3O2S+. The van der Waals surface area contributed by atoms with E-state index in [2.05, 4.69) is 30.9 Å². The van der Waals surface area contributed by atoms with Crippen LogP contribution in [0.15, 0.2) is 12.3 Å². The van der Waals surface area contributed by atoms with Crippen LogP contribution in [0, 0.1) is 0 Å². The van der Waals surface area contributed by atoms with Crippen LogP contribution in [0.25, 0.3) is 0 Å². The highest BCUT2D eigenvalue weighted by molar-refractivity contribution is 8.00. The molecule has 0 spiro atoms. The third-order valence-electron chi connectivity index (χ3n) is 4.40. The summed E-state index contributed by atoms with van der Waals surface area (Å²) in [5.74, 6) is 1.01. The number of unbranched alkanes of at least 4 members (excludes halogenated alkanes) is 1. The second kappa shape index (κ2) is 9.33. The lowest BCUT2D eigenvalue weighted by molar-refractivity contribution is -0.445. The van der Waals surface area contributed by atoms with Gasteiger partial charge in [-0.2, -0.15) is 9.37 Å². The minimum atomic E-state index is -0.0202. The molecule has 0 aromatic heterocycles. The Labute approximate surface area is 143 Å². The molecule has 130 valence electrons. The molecule has 2 fully saturated rings. The SMILES string of the molecule is C=C(CCCCC1SCC2NC(=O)[N+](=C)C21)NCCOCCC. The molecule has 2 N–H and O–H groups in total. The molecule has 2 aliphatic rings. The Balaban J connectivity index is 1.54. The predicted octanol–water partition coefficient (Wildman–Crippen LogP) is 2.37. The van der Waals surface area contributed by atoms with Gasteiger partial charge in [-0.15, -0.1) is 11.8 Å². The topological polar surface area (TPSA) is 53.4 Å². The molecule has 0 aromatic carbocycles. The second-order valence-corrected chi connectivity index (χ2v) is 7.55. The van der Waals surface area contributed by atoms with Crippen LogP contribution in [-0.4, -0.2) is 60.2 Å². The van der Waals surface area contributed by atoms with Gasteiger partial charge in [0.2, 0.25) is 0 Å². The number of rotatable bonds is 11. The van der Waals surface area contributed by atoms with E-state index < -0.39 is 0 Å². The summed E-state index contributed by atoms with van der Waals surface area (Å²) >= 11 is 1.97. The number of urea groups is 1. The van der Waals surface area contributed by atoms with Gasteiger partial charge in [-0.1, -0.05) is 19.9 Å².